The van der Waals surface area contributed by atoms with Gasteiger partial charge in [0.15, 0.2) is 0 Å². The molecule has 0 saturated heterocycles. The maximum Gasteiger partial charge on any atom is 0.0459 e. The van der Waals surface area contributed by atoms with E-state index in [1.807, 2.05) is 18.2 Å². The molecule has 2 nitrogen and oxygen atoms in total. The highest BCUT2D eigenvalue weighted by Gasteiger charge is 2.20. The van der Waals surface area contributed by atoms with Gasteiger partial charge in [0.2, 0.25) is 0 Å². The first-order chi connectivity index (χ1) is 7.76. The standard InChI is InChI=1S/C14H18N2/c1-4-6-7-13-11(5-2)12-8-10(3)15-9-14(12)16-13/h4-7,10,15-16H,1-2,8-9H2,3H3/b7-6-. The molecule has 84 valence electrons. The van der Waals surface area contributed by atoms with Gasteiger partial charge in [-0.1, -0.05) is 31.4 Å². The Balaban J connectivity index is 2.44. The first kappa shape index (κ1) is 11.0. The Hall–Kier alpha value is -1.54. The summed E-state index contributed by atoms with van der Waals surface area (Å²) >= 11 is 0. The van der Waals surface area contributed by atoms with Crippen LogP contribution >= 0.6 is 0 Å². The van der Waals surface area contributed by atoms with Gasteiger partial charge in [-0.3, -0.25) is 0 Å². The highest BCUT2D eigenvalue weighted by molar-refractivity contribution is 5.67. The highest BCUT2D eigenvalue weighted by Crippen LogP contribution is 2.25. The molecule has 0 amide bonds. The van der Waals surface area contributed by atoms with Crippen LogP contribution in [0.3, 0.4) is 0 Å². The zero-order valence-electron chi connectivity index (χ0n) is 9.72. The van der Waals surface area contributed by atoms with Gasteiger partial charge in [-0.05, 0) is 25.0 Å². The number of fused-ring (bicyclic) bond motifs is 1. The molecule has 0 bridgehead atoms. The Morgan fingerprint density at radius 2 is 2.19 bits per heavy atom. The molecule has 2 rings (SSSR count). The Labute approximate surface area is 96.8 Å². The molecular formula is C14H18N2. The smallest absolute Gasteiger partial charge is 0.0459 e. The van der Waals surface area contributed by atoms with Crippen molar-refractivity contribution in [1.29, 1.82) is 0 Å². The maximum absolute atomic E-state index is 3.90. The summed E-state index contributed by atoms with van der Waals surface area (Å²) < 4.78 is 0. The predicted octanol–water partition coefficient (Wildman–Crippen LogP) is 2.89. The van der Waals surface area contributed by atoms with Gasteiger partial charge in [0, 0.05) is 29.5 Å². The highest BCUT2D eigenvalue weighted by atomic mass is 14.9. The van der Waals surface area contributed by atoms with Crippen LogP contribution in [0, 0.1) is 0 Å². The second-order valence-electron chi connectivity index (χ2n) is 4.19. The molecule has 1 aromatic rings. The lowest BCUT2D eigenvalue weighted by atomic mass is 9.98. The van der Waals surface area contributed by atoms with Gasteiger partial charge in [0.1, 0.15) is 0 Å². The first-order valence-electron chi connectivity index (χ1n) is 5.65. The van der Waals surface area contributed by atoms with Crippen molar-refractivity contribution >= 4 is 12.2 Å². The topological polar surface area (TPSA) is 27.8 Å². The third-order valence-corrected chi connectivity index (χ3v) is 3.01. The van der Waals surface area contributed by atoms with Crippen LogP contribution in [0.1, 0.15) is 29.4 Å². The van der Waals surface area contributed by atoms with Crippen molar-refractivity contribution < 1.29 is 0 Å². The van der Waals surface area contributed by atoms with Crippen molar-refractivity contribution in [2.24, 2.45) is 0 Å². The predicted molar refractivity (Wildman–Crippen MR) is 70.1 cm³/mol. The van der Waals surface area contributed by atoms with Crippen molar-refractivity contribution in [3.8, 4) is 0 Å². The van der Waals surface area contributed by atoms with Crippen LogP contribution in [-0.4, -0.2) is 11.0 Å². The fourth-order valence-electron chi connectivity index (χ4n) is 2.20. The van der Waals surface area contributed by atoms with E-state index in [4.69, 9.17) is 0 Å². The van der Waals surface area contributed by atoms with E-state index in [0.29, 0.717) is 6.04 Å². The summed E-state index contributed by atoms with van der Waals surface area (Å²) in [5, 5.41) is 3.45. The Kier molecular flexibility index (Phi) is 3.11. The molecule has 0 aromatic carbocycles. The van der Waals surface area contributed by atoms with Crippen molar-refractivity contribution in [3.05, 3.63) is 47.8 Å². The molecule has 1 aromatic heterocycles. The van der Waals surface area contributed by atoms with Gasteiger partial charge < -0.3 is 10.3 Å². The van der Waals surface area contributed by atoms with E-state index in [1.165, 1.54) is 16.8 Å². The van der Waals surface area contributed by atoms with Crippen LogP contribution < -0.4 is 5.32 Å². The molecule has 0 saturated carbocycles. The quantitative estimate of drug-likeness (QED) is 0.744. The number of nitrogens with one attached hydrogen (secondary N) is 2. The van der Waals surface area contributed by atoms with E-state index < -0.39 is 0 Å². The number of rotatable bonds is 3. The van der Waals surface area contributed by atoms with Crippen LogP contribution in [0.25, 0.3) is 12.2 Å². The molecule has 0 spiro atoms. The van der Waals surface area contributed by atoms with Crippen molar-refractivity contribution in [2.75, 3.05) is 0 Å². The fraction of sp³-hybridized carbons (Fsp3) is 0.286. The molecule has 1 atom stereocenters. The number of hydrogen-bond donors (Lipinski definition) is 2. The van der Waals surface area contributed by atoms with E-state index in [1.54, 1.807) is 6.08 Å². The van der Waals surface area contributed by atoms with Crippen LogP contribution in [-0.2, 0) is 13.0 Å². The third-order valence-electron chi connectivity index (χ3n) is 3.01. The van der Waals surface area contributed by atoms with Gasteiger partial charge in [0.05, 0.1) is 0 Å². The third kappa shape index (κ3) is 1.89. The zero-order chi connectivity index (χ0) is 11.5. The number of H-pyrrole nitrogens is 1. The lowest BCUT2D eigenvalue weighted by molar-refractivity contribution is 0.509. The summed E-state index contributed by atoms with van der Waals surface area (Å²) in [6.45, 7) is 10.7. The van der Waals surface area contributed by atoms with Crippen LogP contribution in [0.15, 0.2) is 25.3 Å². The minimum absolute atomic E-state index is 0.540. The van der Waals surface area contributed by atoms with Gasteiger partial charge >= 0.3 is 0 Å². The molecule has 0 radical (unpaired) electrons. The van der Waals surface area contributed by atoms with Gasteiger partial charge in [-0.15, -0.1) is 0 Å². The average molecular weight is 214 g/mol. The Bertz CT molecular complexity index is 438. The number of allylic oxidation sites excluding steroid dienone is 2. The number of aromatic nitrogens is 1. The average Bonchev–Trinajstić information content (AvgIpc) is 2.63. The van der Waals surface area contributed by atoms with Gasteiger partial charge in [-0.25, -0.2) is 0 Å². The Morgan fingerprint density at radius 1 is 1.38 bits per heavy atom. The molecule has 1 aliphatic heterocycles. The van der Waals surface area contributed by atoms with Crippen molar-refractivity contribution in [2.45, 2.75) is 25.9 Å². The summed E-state index contributed by atoms with van der Waals surface area (Å²) in [4.78, 5) is 3.44. The van der Waals surface area contributed by atoms with Crippen LogP contribution in [0.2, 0.25) is 0 Å². The first-order valence-corrected chi connectivity index (χ1v) is 5.65. The number of hydrogen-bond acceptors (Lipinski definition) is 1. The summed E-state index contributed by atoms with van der Waals surface area (Å²) in [6.07, 6.45) is 8.78. The number of aromatic amines is 1. The minimum atomic E-state index is 0.540. The zero-order valence-corrected chi connectivity index (χ0v) is 9.72. The summed E-state index contributed by atoms with van der Waals surface area (Å²) in [5.41, 5.74) is 5.07. The molecule has 2 heteroatoms. The molecule has 0 fully saturated rings. The minimum Gasteiger partial charge on any atom is -0.357 e. The van der Waals surface area contributed by atoms with E-state index in [0.717, 1.165) is 18.7 Å². The van der Waals surface area contributed by atoms with Gasteiger partial charge in [0.25, 0.3) is 0 Å². The molecule has 2 heterocycles. The molecule has 1 aliphatic rings. The van der Waals surface area contributed by atoms with E-state index in [-0.39, 0.29) is 0 Å². The van der Waals surface area contributed by atoms with Gasteiger partial charge in [-0.2, -0.15) is 0 Å². The normalized spacial score (nSPS) is 19.7. The lowest BCUT2D eigenvalue weighted by Gasteiger charge is -2.20. The monoisotopic (exact) mass is 214 g/mol. The summed E-state index contributed by atoms with van der Waals surface area (Å²) in [5.74, 6) is 0. The molecule has 0 aliphatic carbocycles. The van der Waals surface area contributed by atoms with Crippen LogP contribution in [0.4, 0.5) is 0 Å². The molecule has 1 unspecified atom stereocenters. The summed E-state index contributed by atoms with van der Waals surface area (Å²) in [6, 6.07) is 0.540. The molecule has 16 heavy (non-hydrogen) atoms. The second kappa shape index (κ2) is 4.54. The maximum atomic E-state index is 3.90. The van der Waals surface area contributed by atoms with E-state index >= 15 is 0 Å². The second-order valence-corrected chi connectivity index (χ2v) is 4.19. The van der Waals surface area contributed by atoms with E-state index in [2.05, 4.69) is 30.4 Å². The Morgan fingerprint density at radius 3 is 2.88 bits per heavy atom. The van der Waals surface area contributed by atoms with Crippen LogP contribution in [0.5, 0.6) is 0 Å². The van der Waals surface area contributed by atoms with Crippen molar-refractivity contribution in [1.82, 2.24) is 10.3 Å². The largest absolute Gasteiger partial charge is 0.357 e. The summed E-state index contributed by atoms with van der Waals surface area (Å²) in [7, 11) is 0. The SMILES string of the molecule is C=C/C=C\c1[nH]c2c(c1C=C)CC(C)NC2. The molecule has 2 N–H and O–H groups in total. The lowest BCUT2D eigenvalue weighted by Crippen LogP contribution is -2.32. The van der Waals surface area contributed by atoms with Crippen molar-refractivity contribution in [3.63, 3.8) is 0 Å². The van der Waals surface area contributed by atoms with E-state index in [9.17, 15) is 0 Å². The fourth-order valence-corrected chi connectivity index (χ4v) is 2.20. The molecular weight excluding hydrogens is 196 g/mol.